The van der Waals surface area contributed by atoms with Crippen molar-refractivity contribution in [3.05, 3.63) is 104 Å². The first kappa shape index (κ1) is 44.7. The van der Waals surface area contributed by atoms with Crippen molar-refractivity contribution in [2.45, 2.75) is 116 Å². The number of esters is 4. The fourth-order valence-electron chi connectivity index (χ4n) is 11.8. The van der Waals surface area contributed by atoms with Crippen LogP contribution in [0.25, 0.3) is 0 Å². The quantitative estimate of drug-likeness (QED) is 0.139. The van der Waals surface area contributed by atoms with E-state index >= 15 is 4.79 Å². The van der Waals surface area contributed by atoms with Crippen molar-refractivity contribution < 1.29 is 57.1 Å². The molecule has 8 heterocycles. The third-order valence-electron chi connectivity index (χ3n) is 14.2. The van der Waals surface area contributed by atoms with Gasteiger partial charge in [0.15, 0.2) is 17.6 Å². The van der Waals surface area contributed by atoms with Crippen molar-refractivity contribution in [1.29, 1.82) is 0 Å². The lowest BCUT2D eigenvalue weighted by Gasteiger charge is -2.48. The maximum absolute atomic E-state index is 15.3. The van der Waals surface area contributed by atoms with E-state index in [2.05, 4.69) is 38.3 Å². The smallest absolute Gasteiger partial charge is 0.307 e. The highest BCUT2D eigenvalue weighted by Crippen LogP contribution is 2.63. The number of rotatable bonds is 11. The minimum atomic E-state index is -1.49. The Bertz CT molecular complexity index is 2770. The van der Waals surface area contributed by atoms with Crippen LogP contribution in [0.1, 0.15) is 108 Å². The highest BCUT2D eigenvalue weighted by molar-refractivity contribution is 6.02. The lowest BCUT2D eigenvalue weighted by atomic mass is 9.70. The molecule has 0 N–H and O–H groups in total. The SMILES string of the molecule is CC(=O)OCC1O[C@H](OCCc2cn(CN3C(=O)c4ccccc4C34c3cc5c6c(c3Oc3c4cc4c7c3CCCN7CCC4)CCCN6CCC5)nn2)C(OC(C)=O)C(OC(C)=O)=C1OC(C)=O. The highest BCUT2D eigenvalue weighted by atomic mass is 16.7. The predicted octanol–water partition coefficient (Wildman–Crippen LogP) is 5.30. The van der Waals surface area contributed by atoms with Crippen molar-refractivity contribution in [3.63, 3.8) is 0 Å². The number of aromatic nitrogens is 3. The van der Waals surface area contributed by atoms with E-state index in [-0.39, 0.29) is 37.1 Å². The third-order valence-corrected chi connectivity index (χ3v) is 14.2. The molecule has 1 spiro atoms. The van der Waals surface area contributed by atoms with Gasteiger partial charge < -0.3 is 47.9 Å². The molecule has 1 aromatic heterocycles. The van der Waals surface area contributed by atoms with Crippen molar-refractivity contribution in [1.82, 2.24) is 19.9 Å². The van der Waals surface area contributed by atoms with Gasteiger partial charge in [-0.15, -0.1) is 5.10 Å². The summed E-state index contributed by atoms with van der Waals surface area (Å²) in [5.74, 6) is -2.03. The van der Waals surface area contributed by atoms with Gasteiger partial charge >= 0.3 is 23.9 Å². The van der Waals surface area contributed by atoms with E-state index in [0.717, 1.165) is 127 Å². The molecule has 360 valence electrons. The van der Waals surface area contributed by atoms with Crippen molar-refractivity contribution in [3.8, 4) is 11.5 Å². The Morgan fingerprint density at radius 3 is 1.97 bits per heavy atom. The van der Waals surface area contributed by atoms with Crippen LogP contribution in [0.2, 0.25) is 0 Å². The van der Waals surface area contributed by atoms with E-state index in [4.69, 9.17) is 33.2 Å². The first-order chi connectivity index (χ1) is 33.4. The average Bonchev–Trinajstić information content (AvgIpc) is 3.87. The lowest BCUT2D eigenvalue weighted by molar-refractivity contribution is -0.241. The summed E-state index contributed by atoms with van der Waals surface area (Å²) < 4.78 is 42.9. The number of hydrogen-bond donors (Lipinski definition) is 0. The number of anilines is 2. The molecule has 2 unspecified atom stereocenters. The van der Waals surface area contributed by atoms with Gasteiger partial charge in [0, 0.05) is 99.5 Å². The minimum absolute atomic E-state index is 0.0604. The minimum Gasteiger partial charge on any atom is -0.463 e. The van der Waals surface area contributed by atoms with E-state index in [0.29, 0.717) is 11.3 Å². The number of nitrogens with zero attached hydrogens (tertiary/aromatic N) is 6. The zero-order valence-corrected chi connectivity index (χ0v) is 39.2. The second kappa shape index (κ2) is 17.6. The molecular weight excluding hydrogens is 889 g/mol. The molecule has 7 aliphatic rings. The number of benzene rings is 3. The summed E-state index contributed by atoms with van der Waals surface area (Å²) in [4.78, 5) is 71.1. The number of hydrogen-bond acceptors (Lipinski definition) is 16. The molecule has 18 heteroatoms. The van der Waals surface area contributed by atoms with Gasteiger partial charge in [0.2, 0.25) is 12.4 Å². The lowest BCUT2D eigenvalue weighted by Crippen LogP contribution is -2.49. The molecule has 0 saturated heterocycles. The Kier molecular flexibility index (Phi) is 11.4. The van der Waals surface area contributed by atoms with Crippen LogP contribution in [-0.2, 0) is 91.9 Å². The van der Waals surface area contributed by atoms with E-state index in [1.165, 1.54) is 40.6 Å². The molecule has 4 aromatic rings. The zero-order valence-electron chi connectivity index (χ0n) is 39.2. The van der Waals surface area contributed by atoms with E-state index in [1.807, 2.05) is 23.1 Å². The van der Waals surface area contributed by atoms with Crippen molar-refractivity contribution >= 4 is 41.2 Å². The molecule has 69 heavy (non-hydrogen) atoms. The monoisotopic (exact) mass is 942 g/mol. The second-order valence-electron chi connectivity index (χ2n) is 18.7. The summed E-state index contributed by atoms with van der Waals surface area (Å²) in [7, 11) is 0. The summed E-state index contributed by atoms with van der Waals surface area (Å²) in [6, 6.07) is 12.7. The molecule has 0 radical (unpaired) electrons. The standard InChI is InChI=1S/C51H54N6O12/c1-28(58)64-26-41-46(65-29(2)59)47(66-30(3)60)48(67-31(4)61)50(68-41)63-22-17-34-25-56(53-52-34)27-57-49(62)35-13-5-6-16-38(35)51(57)39-23-32-11-7-18-54-20-9-14-36(42(32)54)44(39)69-45-37-15-10-21-55-19-8-12-33(43(37)55)24-40(45)51/h5-6,13,16,23-25,41,48,50H,7-12,14-15,17-22,26-27H2,1-4H3/t41?,48?,50-/m0/s1. The van der Waals surface area contributed by atoms with E-state index < -0.39 is 54.5 Å². The summed E-state index contributed by atoms with van der Waals surface area (Å²) in [6.45, 7) is 8.22. The Labute approximate surface area is 398 Å². The fourth-order valence-corrected chi connectivity index (χ4v) is 11.8. The van der Waals surface area contributed by atoms with Crippen LogP contribution in [0.5, 0.6) is 11.5 Å². The van der Waals surface area contributed by atoms with Crippen LogP contribution < -0.4 is 14.5 Å². The van der Waals surface area contributed by atoms with E-state index in [1.54, 1.807) is 10.9 Å². The van der Waals surface area contributed by atoms with Crippen LogP contribution in [0.4, 0.5) is 11.4 Å². The van der Waals surface area contributed by atoms with Crippen molar-refractivity contribution in [2.75, 3.05) is 49.2 Å². The molecular formula is C51H54N6O12. The van der Waals surface area contributed by atoms with Gasteiger partial charge in [0.25, 0.3) is 5.91 Å². The molecule has 7 aliphatic heterocycles. The van der Waals surface area contributed by atoms with Gasteiger partial charge in [-0.3, -0.25) is 24.0 Å². The van der Waals surface area contributed by atoms with Crippen LogP contribution in [0.3, 0.4) is 0 Å². The van der Waals surface area contributed by atoms with Crippen LogP contribution >= 0.6 is 0 Å². The number of amides is 1. The first-order valence-corrected chi connectivity index (χ1v) is 24.0. The molecule has 3 aromatic carbocycles. The molecule has 0 saturated carbocycles. The first-order valence-electron chi connectivity index (χ1n) is 24.0. The fraction of sp³-hybridized carbons (Fsp3) is 0.471. The number of aryl methyl sites for hydroxylation is 2. The Morgan fingerprint density at radius 2 is 1.36 bits per heavy atom. The molecule has 11 rings (SSSR count). The Morgan fingerprint density at radius 1 is 0.754 bits per heavy atom. The van der Waals surface area contributed by atoms with Gasteiger partial charge in [-0.25, -0.2) is 4.68 Å². The second-order valence-corrected chi connectivity index (χ2v) is 18.7. The summed E-state index contributed by atoms with van der Waals surface area (Å²) in [5, 5.41) is 9.09. The largest absolute Gasteiger partial charge is 0.463 e. The summed E-state index contributed by atoms with van der Waals surface area (Å²) in [5.41, 5.74) is 10.6. The number of carbonyl (C=O) groups excluding carboxylic acids is 5. The van der Waals surface area contributed by atoms with Gasteiger partial charge in [-0.1, -0.05) is 23.4 Å². The van der Waals surface area contributed by atoms with Crippen LogP contribution in [0.15, 0.2) is 54.1 Å². The van der Waals surface area contributed by atoms with Crippen LogP contribution in [0, 0.1) is 0 Å². The normalized spacial score (nSPS) is 21.4. The van der Waals surface area contributed by atoms with Crippen LogP contribution in [-0.4, -0.2) is 108 Å². The highest BCUT2D eigenvalue weighted by Gasteiger charge is 2.58. The van der Waals surface area contributed by atoms with Gasteiger partial charge in [-0.05, 0) is 86.3 Å². The summed E-state index contributed by atoms with van der Waals surface area (Å²) >= 11 is 0. The van der Waals surface area contributed by atoms with Gasteiger partial charge in [0.05, 0.1) is 18.5 Å². The number of ether oxygens (including phenoxy) is 7. The number of fused-ring (bicyclic) bond motifs is 8. The van der Waals surface area contributed by atoms with E-state index in [9.17, 15) is 19.2 Å². The molecule has 3 atom stereocenters. The molecule has 0 aliphatic carbocycles. The molecule has 1 amide bonds. The number of carbonyl (C=O) groups is 5. The Hall–Kier alpha value is -6.79. The molecule has 0 fully saturated rings. The zero-order chi connectivity index (χ0) is 47.7. The third kappa shape index (κ3) is 7.58. The Balaban J connectivity index is 0.952. The van der Waals surface area contributed by atoms with Gasteiger partial charge in [0.1, 0.15) is 30.3 Å². The maximum atomic E-state index is 15.3. The van der Waals surface area contributed by atoms with Crippen molar-refractivity contribution in [2.24, 2.45) is 0 Å². The maximum Gasteiger partial charge on any atom is 0.307 e. The molecule has 0 bridgehead atoms. The van der Waals surface area contributed by atoms with Gasteiger partial charge in [-0.2, -0.15) is 0 Å². The molecule has 18 nitrogen and oxygen atoms in total. The topological polar surface area (TPSA) is 190 Å². The predicted molar refractivity (Wildman–Crippen MR) is 244 cm³/mol. The summed E-state index contributed by atoms with van der Waals surface area (Å²) in [6.07, 6.45) is 5.61. The average molecular weight is 943 g/mol.